The second-order valence-electron chi connectivity index (χ2n) is 5.93. The number of hydrogen-bond donors (Lipinski definition) is 0. The standard InChI is InChI=1S/C19H22FN3S2/c1-3-6-17-11-15(13-24-17)18-21-22-19(23(18)9-4-2)25-12-14-7-5-8-16(20)10-14/h5,7-8,10-11,13H,3-4,6,9,12H2,1-2H3. The number of rotatable bonds is 8. The quantitative estimate of drug-likeness (QED) is 0.466. The third-order valence-corrected chi connectivity index (χ3v) is 5.86. The molecule has 0 fully saturated rings. The van der Waals surface area contributed by atoms with E-state index >= 15 is 0 Å². The highest BCUT2D eigenvalue weighted by Gasteiger charge is 2.15. The van der Waals surface area contributed by atoms with Gasteiger partial charge in [-0.3, -0.25) is 0 Å². The summed E-state index contributed by atoms with van der Waals surface area (Å²) in [4.78, 5) is 1.39. The lowest BCUT2D eigenvalue weighted by Crippen LogP contribution is -2.01. The minimum absolute atomic E-state index is 0.199. The summed E-state index contributed by atoms with van der Waals surface area (Å²) in [6.45, 7) is 5.23. The van der Waals surface area contributed by atoms with Crippen molar-refractivity contribution in [3.63, 3.8) is 0 Å². The molecule has 0 N–H and O–H groups in total. The topological polar surface area (TPSA) is 30.7 Å². The summed E-state index contributed by atoms with van der Waals surface area (Å²) in [7, 11) is 0. The molecule has 2 aromatic heterocycles. The molecule has 0 unspecified atom stereocenters. The van der Waals surface area contributed by atoms with E-state index in [9.17, 15) is 4.39 Å². The van der Waals surface area contributed by atoms with E-state index in [-0.39, 0.29) is 5.82 Å². The normalized spacial score (nSPS) is 11.2. The average Bonchev–Trinajstić information content (AvgIpc) is 3.21. The van der Waals surface area contributed by atoms with Gasteiger partial charge in [-0.1, -0.05) is 44.2 Å². The van der Waals surface area contributed by atoms with Gasteiger partial charge in [-0.15, -0.1) is 21.5 Å². The molecular weight excluding hydrogens is 353 g/mol. The van der Waals surface area contributed by atoms with Crippen LogP contribution in [0.3, 0.4) is 0 Å². The minimum atomic E-state index is -0.199. The Morgan fingerprint density at radius 3 is 2.80 bits per heavy atom. The first-order valence-electron chi connectivity index (χ1n) is 8.59. The predicted octanol–water partition coefficient (Wildman–Crippen LogP) is 5.80. The number of aromatic nitrogens is 3. The average molecular weight is 376 g/mol. The van der Waals surface area contributed by atoms with Crippen LogP contribution >= 0.6 is 23.1 Å². The molecule has 3 nitrogen and oxygen atoms in total. The monoisotopic (exact) mass is 375 g/mol. The van der Waals surface area contributed by atoms with Crippen LogP contribution in [0, 0.1) is 5.82 Å². The van der Waals surface area contributed by atoms with Gasteiger partial charge in [0.2, 0.25) is 0 Å². The largest absolute Gasteiger partial charge is 0.302 e. The van der Waals surface area contributed by atoms with Crippen LogP contribution in [0.1, 0.15) is 37.1 Å². The number of halogens is 1. The van der Waals surface area contributed by atoms with Crippen LogP contribution in [0.15, 0.2) is 40.9 Å². The maximum atomic E-state index is 13.3. The smallest absolute Gasteiger partial charge is 0.191 e. The third-order valence-electron chi connectivity index (χ3n) is 3.83. The van der Waals surface area contributed by atoms with Crippen LogP contribution in [0.5, 0.6) is 0 Å². The second kappa shape index (κ2) is 8.63. The predicted molar refractivity (Wildman–Crippen MR) is 104 cm³/mol. The summed E-state index contributed by atoms with van der Waals surface area (Å²) in [6.07, 6.45) is 3.27. The Morgan fingerprint density at radius 1 is 1.16 bits per heavy atom. The van der Waals surface area contributed by atoms with E-state index in [1.54, 1.807) is 35.2 Å². The van der Waals surface area contributed by atoms with Crippen LogP contribution in [0.4, 0.5) is 4.39 Å². The SMILES string of the molecule is CCCc1cc(-c2nnc(SCc3cccc(F)c3)n2CCC)cs1. The van der Waals surface area contributed by atoms with Gasteiger partial charge >= 0.3 is 0 Å². The second-order valence-corrected chi connectivity index (χ2v) is 7.87. The molecule has 25 heavy (non-hydrogen) atoms. The molecule has 3 aromatic rings. The van der Waals surface area contributed by atoms with E-state index in [2.05, 4.69) is 40.1 Å². The van der Waals surface area contributed by atoms with Crippen molar-refractivity contribution in [2.24, 2.45) is 0 Å². The summed E-state index contributed by atoms with van der Waals surface area (Å²) in [5.41, 5.74) is 2.10. The lowest BCUT2D eigenvalue weighted by Gasteiger charge is -2.08. The number of thiophene rings is 1. The van der Waals surface area contributed by atoms with Crippen molar-refractivity contribution in [1.82, 2.24) is 14.8 Å². The molecule has 0 aliphatic carbocycles. The Kier molecular flexibility index (Phi) is 6.26. The van der Waals surface area contributed by atoms with E-state index in [4.69, 9.17) is 0 Å². The zero-order chi connectivity index (χ0) is 17.6. The van der Waals surface area contributed by atoms with Crippen molar-refractivity contribution in [2.45, 2.75) is 50.6 Å². The number of aryl methyl sites for hydroxylation is 1. The Balaban J connectivity index is 1.81. The van der Waals surface area contributed by atoms with E-state index < -0.39 is 0 Å². The lowest BCUT2D eigenvalue weighted by molar-refractivity contribution is 0.624. The molecule has 0 atom stereocenters. The summed E-state index contributed by atoms with van der Waals surface area (Å²) in [5.74, 6) is 1.42. The molecule has 0 aliphatic rings. The fourth-order valence-electron chi connectivity index (χ4n) is 2.68. The van der Waals surface area contributed by atoms with Gasteiger partial charge in [-0.2, -0.15) is 0 Å². The van der Waals surface area contributed by atoms with Crippen LogP contribution in [-0.2, 0) is 18.7 Å². The first-order valence-corrected chi connectivity index (χ1v) is 10.5. The van der Waals surface area contributed by atoms with E-state index in [1.807, 2.05) is 6.07 Å². The minimum Gasteiger partial charge on any atom is -0.302 e. The molecular formula is C19H22FN3S2. The van der Waals surface area contributed by atoms with Gasteiger partial charge in [0, 0.05) is 28.1 Å². The third kappa shape index (κ3) is 4.50. The molecule has 0 radical (unpaired) electrons. The van der Waals surface area contributed by atoms with Gasteiger partial charge in [0.25, 0.3) is 0 Å². The molecule has 2 heterocycles. The number of nitrogens with zero attached hydrogens (tertiary/aromatic N) is 3. The van der Waals surface area contributed by atoms with Crippen LogP contribution in [0.2, 0.25) is 0 Å². The highest BCUT2D eigenvalue weighted by atomic mass is 32.2. The lowest BCUT2D eigenvalue weighted by atomic mass is 10.2. The molecule has 0 spiro atoms. The van der Waals surface area contributed by atoms with Gasteiger partial charge in [-0.25, -0.2) is 4.39 Å². The van der Waals surface area contributed by atoms with Gasteiger partial charge in [0.05, 0.1) is 0 Å². The van der Waals surface area contributed by atoms with Crippen LogP contribution in [0.25, 0.3) is 11.4 Å². The highest BCUT2D eigenvalue weighted by molar-refractivity contribution is 7.98. The number of hydrogen-bond acceptors (Lipinski definition) is 4. The van der Waals surface area contributed by atoms with E-state index in [0.717, 1.165) is 47.9 Å². The van der Waals surface area contributed by atoms with Crippen molar-refractivity contribution < 1.29 is 4.39 Å². The molecule has 0 amide bonds. The van der Waals surface area contributed by atoms with Crippen LogP contribution in [-0.4, -0.2) is 14.8 Å². The van der Waals surface area contributed by atoms with Crippen molar-refractivity contribution >= 4 is 23.1 Å². The van der Waals surface area contributed by atoms with E-state index in [1.165, 1.54) is 10.9 Å². The number of thioether (sulfide) groups is 1. The Bertz CT molecular complexity index is 826. The molecule has 3 rings (SSSR count). The van der Waals surface area contributed by atoms with Gasteiger partial charge < -0.3 is 4.57 Å². The molecule has 0 aliphatic heterocycles. The molecule has 0 saturated heterocycles. The zero-order valence-electron chi connectivity index (χ0n) is 14.5. The Hall–Kier alpha value is -1.66. The zero-order valence-corrected chi connectivity index (χ0v) is 16.2. The molecule has 1 aromatic carbocycles. The van der Waals surface area contributed by atoms with Crippen molar-refractivity contribution in [3.8, 4) is 11.4 Å². The van der Waals surface area contributed by atoms with Crippen molar-refractivity contribution in [1.29, 1.82) is 0 Å². The van der Waals surface area contributed by atoms with Crippen molar-refractivity contribution in [3.05, 3.63) is 52.0 Å². The van der Waals surface area contributed by atoms with Gasteiger partial charge in [0.15, 0.2) is 11.0 Å². The number of benzene rings is 1. The van der Waals surface area contributed by atoms with Crippen molar-refractivity contribution in [2.75, 3.05) is 0 Å². The summed E-state index contributed by atoms with van der Waals surface area (Å²) in [6, 6.07) is 8.95. The molecule has 6 heteroatoms. The molecule has 132 valence electrons. The fourth-order valence-corrected chi connectivity index (χ4v) is 4.56. The van der Waals surface area contributed by atoms with Crippen LogP contribution < -0.4 is 0 Å². The van der Waals surface area contributed by atoms with Gasteiger partial charge in [0.1, 0.15) is 5.82 Å². The van der Waals surface area contributed by atoms with E-state index in [0.29, 0.717) is 5.75 Å². The summed E-state index contributed by atoms with van der Waals surface area (Å²) >= 11 is 3.39. The maximum Gasteiger partial charge on any atom is 0.191 e. The Labute approximate surface area is 156 Å². The first kappa shape index (κ1) is 18.1. The Morgan fingerprint density at radius 2 is 2.04 bits per heavy atom. The maximum absolute atomic E-state index is 13.3. The fraction of sp³-hybridized carbons (Fsp3) is 0.368. The first-order chi connectivity index (χ1) is 12.2. The summed E-state index contributed by atoms with van der Waals surface area (Å²) in [5, 5.41) is 11.9. The van der Waals surface area contributed by atoms with Gasteiger partial charge in [-0.05, 0) is 36.6 Å². The summed E-state index contributed by atoms with van der Waals surface area (Å²) < 4.78 is 15.5. The molecule has 0 saturated carbocycles. The molecule has 0 bridgehead atoms. The highest BCUT2D eigenvalue weighted by Crippen LogP contribution is 2.30.